The van der Waals surface area contributed by atoms with Crippen molar-refractivity contribution in [3.8, 4) is 5.88 Å². The summed E-state index contributed by atoms with van der Waals surface area (Å²) >= 11 is 0. The predicted molar refractivity (Wildman–Crippen MR) is 72.8 cm³/mol. The van der Waals surface area contributed by atoms with Crippen LogP contribution in [0, 0.1) is 5.92 Å². The van der Waals surface area contributed by atoms with E-state index in [1.165, 1.54) is 19.7 Å². The lowest BCUT2D eigenvalue weighted by Crippen LogP contribution is -2.43. The summed E-state index contributed by atoms with van der Waals surface area (Å²) in [6.07, 6.45) is 8.38. The smallest absolute Gasteiger partial charge is 0.326 e. The molecular weight excluding hydrogens is 258 g/mol. The van der Waals surface area contributed by atoms with E-state index in [2.05, 4.69) is 9.97 Å². The molecule has 20 heavy (non-hydrogen) atoms. The van der Waals surface area contributed by atoms with Gasteiger partial charge in [0, 0.05) is 6.04 Å². The van der Waals surface area contributed by atoms with Crippen LogP contribution < -0.4 is 9.64 Å². The molecule has 6 nitrogen and oxygen atoms in total. The fraction of sp³-hybridized carbons (Fsp3) is 0.643. The molecule has 0 bridgehead atoms. The van der Waals surface area contributed by atoms with E-state index < -0.39 is 12.0 Å². The van der Waals surface area contributed by atoms with E-state index in [0.29, 0.717) is 24.0 Å². The molecule has 1 aliphatic carbocycles. The Hall–Kier alpha value is -1.85. The summed E-state index contributed by atoms with van der Waals surface area (Å²) in [5.41, 5.74) is 0. The maximum Gasteiger partial charge on any atom is 0.326 e. The van der Waals surface area contributed by atoms with Gasteiger partial charge in [-0.1, -0.05) is 12.8 Å². The van der Waals surface area contributed by atoms with E-state index in [0.717, 1.165) is 19.3 Å². The molecule has 1 aliphatic heterocycles. The number of methoxy groups -OCH3 is 1. The first-order valence-electron chi connectivity index (χ1n) is 7.08. The lowest BCUT2D eigenvalue weighted by Gasteiger charge is -2.33. The highest BCUT2D eigenvalue weighted by molar-refractivity contribution is 5.79. The number of hydrogen-bond donors (Lipinski definition) is 1. The third-order valence-electron chi connectivity index (χ3n) is 4.45. The van der Waals surface area contributed by atoms with Crippen LogP contribution in [0.25, 0.3) is 0 Å². The van der Waals surface area contributed by atoms with E-state index in [9.17, 15) is 9.90 Å². The van der Waals surface area contributed by atoms with Gasteiger partial charge in [0.1, 0.15) is 6.04 Å². The van der Waals surface area contributed by atoms with Crippen LogP contribution >= 0.6 is 0 Å². The van der Waals surface area contributed by atoms with Gasteiger partial charge >= 0.3 is 5.97 Å². The van der Waals surface area contributed by atoms with Gasteiger partial charge in [0.25, 0.3) is 0 Å². The molecule has 1 saturated heterocycles. The van der Waals surface area contributed by atoms with Gasteiger partial charge in [-0.15, -0.1) is 0 Å². The van der Waals surface area contributed by atoms with Gasteiger partial charge in [-0.3, -0.25) is 4.98 Å². The summed E-state index contributed by atoms with van der Waals surface area (Å²) in [5, 5.41) is 9.50. The van der Waals surface area contributed by atoms with Crippen LogP contribution in [0.4, 0.5) is 5.82 Å². The number of fused-ring (bicyclic) bond motifs is 1. The van der Waals surface area contributed by atoms with Crippen LogP contribution in [-0.2, 0) is 4.79 Å². The van der Waals surface area contributed by atoms with Gasteiger partial charge in [-0.05, 0) is 25.2 Å². The average Bonchev–Trinajstić information content (AvgIpc) is 2.87. The molecule has 6 heteroatoms. The van der Waals surface area contributed by atoms with Crippen LogP contribution in [0.2, 0.25) is 0 Å². The van der Waals surface area contributed by atoms with Gasteiger partial charge in [-0.25, -0.2) is 4.79 Å². The van der Waals surface area contributed by atoms with E-state index in [4.69, 9.17) is 4.74 Å². The lowest BCUT2D eigenvalue weighted by atomic mass is 9.85. The Balaban J connectivity index is 1.95. The van der Waals surface area contributed by atoms with E-state index in [-0.39, 0.29) is 6.04 Å². The molecule has 1 saturated carbocycles. The number of carboxylic acids is 1. The second kappa shape index (κ2) is 5.26. The van der Waals surface area contributed by atoms with Crippen molar-refractivity contribution in [1.82, 2.24) is 9.97 Å². The Morgan fingerprint density at radius 2 is 2.20 bits per heavy atom. The van der Waals surface area contributed by atoms with Gasteiger partial charge in [0.15, 0.2) is 5.82 Å². The number of ether oxygens (including phenoxy) is 1. The minimum atomic E-state index is -0.774. The highest BCUT2D eigenvalue weighted by atomic mass is 16.5. The van der Waals surface area contributed by atoms with Gasteiger partial charge in [0.05, 0.1) is 19.5 Å². The SMILES string of the molecule is COc1cncc(N2C(C(=O)O)CC3CCCCC32)n1. The third-order valence-corrected chi connectivity index (χ3v) is 4.45. The summed E-state index contributed by atoms with van der Waals surface area (Å²) in [6, 6.07) is -0.226. The zero-order chi connectivity index (χ0) is 14.1. The monoisotopic (exact) mass is 277 g/mol. The Kier molecular flexibility index (Phi) is 3.46. The first-order valence-corrected chi connectivity index (χ1v) is 7.08. The number of carboxylic acid groups (broad SMARTS) is 1. The molecule has 0 amide bonds. The van der Waals surface area contributed by atoms with E-state index >= 15 is 0 Å². The molecule has 3 unspecified atom stereocenters. The molecule has 0 spiro atoms. The minimum absolute atomic E-state index is 0.270. The largest absolute Gasteiger partial charge is 0.480 e. The number of aromatic nitrogens is 2. The fourth-order valence-electron chi connectivity index (χ4n) is 3.57. The quantitative estimate of drug-likeness (QED) is 0.906. The minimum Gasteiger partial charge on any atom is -0.480 e. The van der Waals surface area contributed by atoms with Crippen molar-refractivity contribution in [3.05, 3.63) is 12.4 Å². The molecule has 3 atom stereocenters. The summed E-state index contributed by atoms with van der Waals surface area (Å²) in [4.78, 5) is 22.0. The molecule has 1 N–H and O–H groups in total. The van der Waals surface area contributed by atoms with Crippen LogP contribution in [0.5, 0.6) is 5.88 Å². The Bertz CT molecular complexity index is 508. The Morgan fingerprint density at radius 1 is 1.40 bits per heavy atom. The molecule has 2 fully saturated rings. The summed E-state index contributed by atoms with van der Waals surface area (Å²) in [7, 11) is 1.54. The number of rotatable bonds is 3. The molecule has 2 heterocycles. The summed E-state index contributed by atoms with van der Waals surface area (Å²) < 4.78 is 5.10. The predicted octanol–water partition coefficient (Wildman–Crippen LogP) is 1.71. The summed E-state index contributed by atoms with van der Waals surface area (Å²) in [6.45, 7) is 0. The summed E-state index contributed by atoms with van der Waals surface area (Å²) in [5.74, 6) is 0.721. The van der Waals surface area contributed by atoms with Crippen molar-refractivity contribution >= 4 is 11.8 Å². The molecular formula is C14H19N3O3. The number of hydrogen-bond acceptors (Lipinski definition) is 5. The number of aliphatic carboxylic acids is 1. The second-order valence-electron chi connectivity index (χ2n) is 5.53. The van der Waals surface area contributed by atoms with Crippen molar-refractivity contribution in [2.45, 2.75) is 44.2 Å². The molecule has 2 aliphatic rings. The molecule has 0 radical (unpaired) electrons. The first kappa shape index (κ1) is 13.1. The maximum atomic E-state index is 11.6. The van der Waals surface area contributed by atoms with Crippen molar-refractivity contribution < 1.29 is 14.6 Å². The fourth-order valence-corrected chi connectivity index (χ4v) is 3.57. The zero-order valence-electron chi connectivity index (χ0n) is 11.5. The normalized spacial score (nSPS) is 29.1. The first-order chi connectivity index (χ1) is 9.70. The number of anilines is 1. The molecule has 3 rings (SSSR count). The van der Waals surface area contributed by atoms with Gasteiger partial charge in [-0.2, -0.15) is 4.98 Å². The lowest BCUT2D eigenvalue weighted by molar-refractivity contribution is -0.138. The van der Waals surface area contributed by atoms with Crippen LogP contribution in [-0.4, -0.2) is 40.2 Å². The maximum absolute atomic E-state index is 11.6. The molecule has 108 valence electrons. The average molecular weight is 277 g/mol. The van der Waals surface area contributed by atoms with Gasteiger partial charge < -0.3 is 14.7 Å². The van der Waals surface area contributed by atoms with Crippen molar-refractivity contribution in [3.63, 3.8) is 0 Å². The number of carbonyl (C=O) groups is 1. The molecule has 0 aromatic carbocycles. The highest BCUT2D eigenvalue weighted by Crippen LogP contribution is 2.41. The second-order valence-corrected chi connectivity index (χ2v) is 5.53. The standard InChI is InChI=1S/C14H19N3O3/c1-20-13-8-15-7-12(16-13)17-10-5-3-2-4-9(10)6-11(17)14(18)19/h7-11H,2-6H2,1H3,(H,18,19). The van der Waals surface area contributed by atoms with Crippen molar-refractivity contribution in [2.75, 3.05) is 12.0 Å². The Morgan fingerprint density at radius 3 is 2.95 bits per heavy atom. The Labute approximate surface area is 117 Å². The van der Waals surface area contributed by atoms with Crippen LogP contribution in [0.15, 0.2) is 12.4 Å². The van der Waals surface area contributed by atoms with Crippen molar-refractivity contribution in [2.24, 2.45) is 5.92 Å². The van der Waals surface area contributed by atoms with E-state index in [1.54, 1.807) is 6.20 Å². The topological polar surface area (TPSA) is 75.5 Å². The third kappa shape index (κ3) is 2.19. The molecule has 1 aromatic heterocycles. The van der Waals surface area contributed by atoms with Crippen LogP contribution in [0.3, 0.4) is 0 Å². The van der Waals surface area contributed by atoms with Gasteiger partial charge in [0.2, 0.25) is 5.88 Å². The number of nitrogens with zero attached hydrogens (tertiary/aromatic N) is 3. The molecule has 1 aromatic rings. The van der Waals surface area contributed by atoms with Crippen molar-refractivity contribution in [1.29, 1.82) is 0 Å². The zero-order valence-corrected chi connectivity index (χ0v) is 11.5. The van der Waals surface area contributed by atoms with Crippen LogP contribution in [0.1, 0.15) is 32.1 Å². The highest BCUT2D eigenvalue weighted by Gasteiger charge is 2.46. The van der Waals surface area contributed by atoms with E-state index in [1.807, 2.05) is 4.90 Å².